The molecule has 0 aliphatic heterocycles. The van der Waals surface area contributed by atoms with Gasteiger partial charge in [-0.3, -0.25) is 4.79 Å². The lowest BCUT2D eigenvalue weighted by Crippen LogP contribution is -2.17. The van der Waals surface area contributed by atoms with Gasteiger partial charge in [0.1, 0.15) is 22.2 Å². The van der Waals surface area contributed by atoms with Gasteiger partial charge in [0.05, 0.1) is 29.6 Å². The van der Waals surface area contributed by atoms with Gasteiger partial charge in [0.15, 0.2) is 11.0 Å². The van der Waals surface area contributed by atoms with Gasteiger partial charge in [-0.25, -0.2) is 9.59 Å². The predicted octanol–water partition coefficient (Wildman–Crippen LogP) is 5.29. The zero-order chi connectivity index (χ0) is 27.8. The third-order valence-electron chi connectivity index (χ3n) is 5.23. The fourth-order valence-corrected chi connectivity index (χ4v) is 5.55. The number of nitrogens with zero attached hydrogens (tertiary/aromatic N) is 3. The third-order valence-corrected chi connectivity index (χ3v) is 7.69. The van der Waals surface area contributed by atoms with Crippen molar-refractivity contribution < 1.29 is 28.6 Å². The van der Waals surface area contributed by atoms with E-state index in [0.29, 0.717) is 33.9 Å². The number of benzene rings is 1. The summed E-state index contributed by atoms with van der Waals surface area (Å²) < 4.78 is 17.9. The largest absolute Gasteiger partial charge is 0.484 e. The molecule has 0 saturated heterocycles. The minimum Gasteiger partial charge on any atom is -0.484 e. The molecule has 0 aliphatic carbocycles. The number of nitrogens with one attached hydrogen (secondary N) is 1. The standard InChI is InChI=1S/C25H29ClN4O6S2/c1-6-30-18(12-36-17-11-14(4)9-10-16(17)26)28-29-25(30)37-13-19(31)27-22-20(23(32)34-7-2)15(5)21(38-22)24(33)35-8-3/h9-11H,6-8,12-13H2,1-5H3,(H,27,31). The highest BCUT2D eigenvalue weighted by Gasteiger charge is 2.27. The summed E-state index contributed by atoms with van der Waals surface area (Å²) in [5, 5.41) is 12.4. The lowest BCUT2D eigenvalue weighted by molar-refractivity contribution is -0.113. The Morgan fingerprint density at radius 1 is 1.08 bits per heavy atom. The third kappa shape index (κ3) is 7.06. The lowest BCUT2D eigenvalue weighted by atomic mass is 10.1. The molecule has 0 unspecified atom stereocenters. The average molecular weight is 581 g/mol. The molecular formula is C25H29ClN4O6S2. The second kappa shape index (κ2) is 13.6. The Hall–Kier alpha value is -3.09. The monoisotopic (exact) mass is 580 g/mol. The maximum absolute atomic E-state index is 12.8. The zero-order valence-electron chi connectivity index (χ0n) is 21.8. The van der Waals surface area contributed by atoms with Crippen molar-refractivity contribution in [3.63, 3.8) is 0 Å². The van der Waals surface area contributed by atoms with Gasteiger partial charge in [0.25, 0.3) is 0 Å². The van der Waals surface area contributed by atoms with Crippen molar-refractivity contribution in [2.45, 2.75) is 52.9 Å². The highest BCUT2D eigenvalue weighted by atomic mass is 35.5. The molecule has 3 aromatic rings. The summed E-state index contributed by atoms with van der Waals surface area (Å²) in [4.78, 5) is 38.0. The number of halogens is 1. The van der Waals surface area contributed by atoms with Gasteiger partial charge < -0.3 is 24.1 Å². The van der Waals surface area contributed by atoms with Crippen LogP contribution in [-0.4, -0.2) is 51.6 Å². The highest BCUT2D eigenvalue weighted by Crippen LogP contribution is 2.34. The van der Waals surface area contributed by atoms with Crippen molar-refractivity contribution in [2.75, 3.05) is 24.3 Å². The molecule has 0 saturated carbocycles. The molecule has 10 nitrogen and oxygen atoms in total. The molecule has 2 aromatic heterocycles. The first kappa shape index (κ1) is 29.5. The van der Waals surface area contributed by atoms with E-state index in [-0.39, 0.29) is 46.9 Å². The predicted molar refractivity (Wildman–Crippen MR) is 147 cm³/mol. The first-order chi connectivity index (χ1) is 18.2. The van der Waals surface area contributed by atoms with Crippen LogP contribution in [0.3, 0.4) is 0 Å². The number of carbonyl (C=O) groups is 3. The van der Waals surface area contributed by atoms with Crippen molar-refractivity contribution in [3.05, 3.63) is 50.6 Å². The molecule has 38 heavy (non-hydrogen) atoms. The first-order valence-electron chi connectivity index (χ1n) is 11.9. The summed E-state index contributed by atoms with van der Waals surface area (Å²) in [6, 6.07) is 5.52. The number of amides is 1. The quantitative estimate of drug-likeness (QED) is 0.225. The zero-order valence-corrected chi connectivity index (χ0v) is 24.1. The molecule has 13 heteroatoms. The van der Waals surface area contributed by atoms with Crippen molar-refractivity contribution in [1.82, 2.24) is 14.8 Å². The molecule has 3 rings (SSSR count). The SMILES string of the molecule is CCOC(=O)c1sc(NC(=O)CSc2nnc(COc3cc(C)ccc3Cl)n2CC)c(C(=O)OCC)c1C. The number of hydrogen-bond donors (Lipinski definition) is 1. The van der Waals surface area contributed by atoms with Crippen LogP contribution in [0.1, 0.15) is 57.8 Å². The smallest absolute Gasteiger partial charge is 0.348 e. The number of aromatic nitrogens is 3. The van der Waals surface area contributed by atoms with E-state index in [1.54, 1.807) is 26.8 Å². The molecule has 1 aromatic carbocycles. The maximum atomic E-state index is 12.8. The van der Waals surface area contributed by atoms with Gasteiger partial charge in [0.2, 0.25) is 5.91 Å². The normalized spacial score (nSPS) is 10.8. The average Bonchev–Trinajstić information content (AvgIpc) is 3.43. The fourth-order valence-electron chi connectivity index (χ4n) is 3.45. The van der Waals surface area contributed by atoms with Gasteiger partial charge in [-0.05, 0) is 57.9 Å². The molecule has 0 radical (unpaired) electrons. The minimum absolute atomic E-state index is 0.00332. The van der Waals surface area contributed by atoms with Crippen LogP contribution >= 0.6 is 34.7 Å². The number of hydrogen-bond acceptors (Lipinski definition) is 10. The maximum Gasteiger partial charge on any atom is 0.348 e. The number of anilines is 1. The van der Waals surface area contributed by atoms with Crippen LogP contribution in [-0.2, 0) is 27.4 Å². The Morgan fingerprint density at radius 2 is 1.79 bits per heavy atom. The second-order valence-electron chi connectivity index (χ2n) is 7.90. The Labute approximate surface area is 234 Å². The molecule has 0 bridgehead atoms. The molecule has 204 valence electrons. The van der Waals surface area contributed by atoms with E-state index in [1.807, 2.05) is 30.5 Å². The van der Waals surface area contributed by atoms with Crippen molar-refractivity contribution in [1.29, 1.82) is 0 Å². The van der Waals surface area contributed by atoms with Crippen molar-refractivity contribution >= 4 is 57.5 Å². The molecule has 0 fully saturated rings. The van der Waals surface area contributed by atoms with Gasteiger partial charge in [0, 0.05) is 6.54 Å². The molecule has 1 amide bonds. The summed E-state index contributed by atoms with van der Waals surface area (Å²) in [5.41, 5.74) is 1.56. The van der Waals surface area contributed by atoms with Crippen LogP contribution < -0.4 is 10.1 Å². The Bertz CT molecular complexity index is 1320. The van der Waals surface area contributed by atoms with Crippen LogP contribution in [0.5, 0.6) is 5.75 Å². The summed E-state index contributed by atoms with van der Waals surface area (Å²) in [6.45, 7) is 9.94. The summed E-state index contributed by atoms with van der Waals surface area (Å²) in [7, 11) is 0. The molecule has 0 atom stereocenters. The van der Waals surface area contributed by atoms with E-state index in [4.69, 9.17) is 25.8 Å². The molecular weight excluding hydrogens is 552 g/mol. The van der Waals surface area contributed by atoms with Crippen molar-refractivity contribution in [2.24, 2.45) is 0 Å². The van der Waals surface area contributed by atoms with E-state index < -0.39 is 11.9 Å². The number of rotatable bonds is 12. The minimum atomic E-state index is -0.621. The summed E-state index contributed by atoms with van der Waals surface area (Å²) in [5.74, 6) is -0.428. The van der Waals surface area contributed by atoms with Gasteiger partial charge in [-0.2, -0.15) is 0 Å². The number of ether oxygens (including phenoxy) is 3. The Balaban J connectivity index is 1.70. The van der Waals surface area contributed by atoms with Crippen LogP contribution in [0.4, 0.5) is 5.00 Å². The van der Waals surface area contributed by atoms with Crippen LogP contribution in [0.25, 0.3) is 0 Å². The summed E-state index contributed by atoms with van der Waals surface area (Å²) >= 11 is 8.38. The highest BCUT2D eigenvalue weighted by molar-refractivity contribution is 7.99. The van der Waals surface area contributed by atoms with Crippen molar-refractivity contribution in [3.8, 4) is 5.75 Å². The van der Waals surface area contributed by atoms with E-state index in [1.165, 1.54) is 11.8 Å². The van der Waals surface area contributed by atoms with Gasteiger partial charge in [-0.1, -0.05) is 29.4 Å². The summed E-state index contributed by atoms with van der Waals surface area (Å²) in [6.07, 6.45) is 0. The van der Waals surface area contributed by atoms with Crippen LogP contribution in [0.15, 0.2) is 23.4 Å². The second-order valence-corrected chi connectivity index (χ2v) is 10.3. The topological polar surface area (TPSA) is 122 Å². The molecule has 0 spiro atoms. The fraction of sp³-hybridized carbons (Fsp3) is 0.400. The van der Waals surface area contributed by atoms with E-state index >= 15 is 0 Å². The Morgan fingerprint density at radius 3 is 2.47 bits per heavy atom. The van der Waals surface area contributed by atoms with Crippen LogP contribution in [0.2, 0.25) is 5.02 Å². The molecule has 1 N–H and O–H groups in total. The molecule has 0 aliphatic rings. The van der Waals surface area contributed by atoms with E-state index in [9.17, 15) is 14.4 Å². The number of thiophene rings is 1. The van der Waals surface area contributed by atoms with Crippen LogP contribution in [0, 0.1) is 13.8 Å². The lowest BCUT2D eigenvalue weighted by Gasteiger charge is -2.10. The number of thioether (sulfide) groups is 1. The number of esters is 2. The van der Waals surface area contributed by atoms with Gasteiger partial charge in [-0.15, -0.1) is 21.5 Å². The van der Waals surface area contributed by atoms with E-state index in [0.717, 1.165) is 16.9 Å². The number of carbonyl (C=O) groups excluding carboxylic acids is 3. The Kier molecular flexibility index (Phi) is 10.6. The first-order valence-corrected chi connectivity index (χ1v) is 14.1. The molecule has 2 heterocycles. The van der Waals surface area contributed by atoms with E-state index in [2.05, 4.69) is 15.5 Å². The van der Waals surface area contributed by atoms with Gasteiger partial charge >= 0.3 is 11.9 Å². The number of aryl methyl sites for hydroxylation is 1.